The molecule has 2 aliphatic rings. The zero-order valence-corrected chi connectivity index (χ0v) is 21.0. The number of alkyl halides is 3. The lowest BCUT2D eigenvalue weighted by Gasteiger charge is -2.32. The summed E-state index contributed by atoms with van der Waals surface area (Å²) in [6.45, 7) is 3.69. The molecule has 1 atom stereocenters. The molecule has 1 aromatic carbocycles. The Morgan fingerprint density at radius 3 is 2.42 bits per heavy atom. The smallest absolute Gasteiger partial charge is 0.350 e. The molecule has 0 aliphatic carbocycles. The Morgan fingerprint density at radius 2 is 1.71 bits per heavy atom. The van der Waals surface area contributed by atoms with E-state index < -0.39 is 17.6 Å². The maximum Gasteiger partial charge on any atom is 0.416 e. The molecule has 2 N–H and O–H groups in total. The molecule has 4 rings (SSSR count). The molecule has 3 amide bonds. The minimum Gasteiger partial charge on any atom is -0.350 e. The number of carbonyl (C=O) groups is 3. The molecule has 2 aliphatic heterocycles. The van der Waals surface area contributed by atoms with Gasteiger partial charge in [-0.15, -0.1) is 0 Å². The van der Waals surface area contributed by atoms with Gasteiger partial charge in [-0.3, -0.25) is 19.4 Å². The van der Waals surface area contributed by atoms with E-state index >= 15 is 0 Å². The summed E-state index contributed by atoms with van der Waals surface area (Å²) in [4.78, 5) is 45.3. The second-order valence-corrected chi connectivity index (χ2v) is 9.88. The molecule has 8 nitrogen and oxygen atoms in total. The van der Waals surface area contributed by atoms with Gasteiger partial charge >= 0.3 is 6.18 Å². The van der Waals surface area contributed by atoms with Crippen LogP contribution in [0.3, 0.4) is 0 Å². The van der Waals surface area contributed by atoms with E-state index in [4.69, 9.17) is 0 Å². The number of piperidine rings is 1. The number of nitrogens with one attached hydrogen (secondary N) is 2. The van der Waals surface area contributed by atoms with E-state index in [-0.39, 0.29) is 30.0 Å². The molecule has 38 heavy (non-hydrogen) atoms. The molecule has 0 saturated carbocycles. The van der Waals surface area contributed by atoms with Crippen molar-refractivity contribution >= 4 is 17.7 Å². The van der Waals surface area contributed by atoms with Crippen LogP contribution in [-0.4, -0.2) is 77.8 Å². The summed E-state index contributed by atoms with van der Waals surface area (Å²) < 4.78 is 38.6. The van der Waals surface area contributed by atoms with E-state index in [1.165, 1.54) is 6.07 Å². The van der Waals surface area contributed by atoms with Crippen molar-refractivity contribution in [1.29, 1.82) is 0 Å². The van der Waals surface area contributed by atoms with Gasteiger partial charge in [-0.1, -0.05) is 6.07 Å². The predicted molar refractivity (Wildman–Crippen MR) is 134 cm³/mol. The van der Waals surface area contributed by atoms with Crippen molar-refractivity contribution in [1.82, 2.24) is 25.4 Å². The summed E-state index contributed by atoms with van der Waals surface area (Å²) in [5.41, 5.74) is -0.393. The fourth-order valence-corrected chi connectivity index (χ4v) is 5.00. The van der Waals surface area contributed by atoms with E-state index in [1.54, 1.807) is 24.5 Å². The zero-order valence-electron chi connectivity index (χ0n) is 21.0. The fourth-order valence-electron chi connectivity index (χ4n) is 5.00. The van der Waals surface area contributed by atoms with Crippen LogP contribution in [0.4, 0.5) is 13.2 Å². The molecule has 1 aromatic heterocycles. The molecule has 1 unspecified atom stereocenters. The van der Waals surface area contributed by atoms with Gasteiger partial charge in [0.15, 0.2) is 0 Å². The minimum absolute atomic E-state index is 0.0345. The second kappa shape index (κ2) is 12.4. The highest BCUT2D eigenvalue weighted by Crippen LogP contribution is 2.29. The van der Waals surface area contributed by atoms with Gasteiger partial charge in [0.25, 0.3) is 11.8 Å². The highest BCUT2D eigenvalue weighted by Gasteiger charge is 2.31. The highest BCUT2D eigenvalue weighted by atomic mass is 19.4. The van der Waals surface area contributed by atoms with E-state index in [0.717, 1.165) is 70.1 Å². The van der Waals surface area contributed by atoms with Crippen molar-refractivity contribution in [3.63, 3.8) is 0 Å². The quantitative estimate of drug-likeness (QED) is 0.546. The van der Waals surface area contributed by atoms with E-state index in [9.17, 15) is 27.6 Å². The minimum atomic E-state index is -4.54. The van der Waals surface area contributed by atoms with Gasteiger partial charge in [-0.25, -0.2) is 0 Å². The Morgan fingerprint density at radius 1 is 0.974 bits per heavy atom. The van der Waals surface area contributed by atoms with Gasteiger partial charge in [0, 0.05) is 55.7 Å². The van der Waals surface area contributed by atoms with Crippen LogP contribution >= 0.6 is 0 Å². The average molecular weight is 532 g/mol. The maximum absolute atomic E-state index is 12.9. The lowest BCUT2D eigenvalue weighted by molar-refractivity contribution is -0.137. The third kappa shape index (κ3) is 7.53. The molecule has 3 heterocycles. The molecular formula is C27H32F3N5O3. The van der Waals surface area contributed by atoms with Crippen LogP contribution in [-0.2, 0) is 11.0 Å². The lowest BCUT2D eigenvalue weighted by atomic mass is 9.93. The van der Waals surface area contributed by atoms with Gasteiger partial charge in [-0.2, -0.15) is 13.2 Å². The van der Waals surface area contributed by atoms with Gasteiger partial charge in [-0.05, 0) is 68.5 Å². The van der Waals surface area contributed by atoms with Crippen molar-refractivity contribution in [2.45, 2.75) is 37.9 Å². The van der Waals surface area contributed by atoms with E-state index in [0.29, 0.717) is 18.0 Å². The molecular weight excluding hydrogens is 499 g/mol. The lowest BCUT2D eigenvalue weighted by Crippen LogP contribution is -2.43. The number of amides is 3. The molecule has 0 spiro atoms. The number of nitrogens with zero attached hydrogens (tertiary/aromatic N) is 3. The van der Waals surface area contributed by atoms with Gasteiger partial charge < -0.3 is 20.4 Å². The van der Waals surface area contributed by atoms with Crippen molar-refractivity contribution in [3.05, 3.63) is 65.5 Å². The Balaban J connectivity index is 1.12. The molecule has 0 bridgehead atoms. The van der Waals surface area contributed by atoms with Gasteiger partial charge in [0.2, 0.25) is 5.91 Å². The normalized spacial score (nSPS) is 18.8. The summed E-state index contributed by atoms with van der Waals surface area (Å²) in [7, 11) is 0. The van der Waals surface area contributed by atoms with Crippen molar-refractivity contribution in [2.75, 3.05) is 39.3 Å². The highest BCUT2D eigenvalue weighted by molar-refractivity contribution is 5.96. The zero-order chi connectivity index (χ0) is 27.1. The largest absolute Gasteiger partial charge is 0.416 e. The first-order valence-corrected chi connectivity index (χ1v) is 12.9. The monoisotopic (exact) mass is 531 g/mol. The van der Waals surface area contributed by atoms with Crippen LogP contribution in [0.5, 0.6) is 0 Å². The first-order chi connectivity index (χ1) is 18.2. The summed E-state index contributed by atoms with van der Waals surface area (Å²) in [5, 5.41) is 5.29. The number of benzene rings is 1. The second-order valence-electron chi connectivity index (χ2n) is 9.88. The molecule has 204 valence electrons. The van der Waals surface area contributed by atoms with Crippen LogP contribution in [0.15, 0.2) is 48.8 Å². The van der Waals surface area contributed by atoms with Crippen LogP contribution < -0.4 is 10.6 Å². The number of aromatic nitrogens is 1. The fraction of sp³-hybridized carbons (Fsp3) is 0.481. The summed E-state index contributed by atoms with van der Waals surface area (Å²) in [6, 6.07) is 7.54. The molecule has 0 radical (unpaired) electrons. The number of hydrogen-bond acceptors (Lipinski definition) is 5. The summed E-state index contributed by atoms with van der Waals surface area (Å²) in [5.74, 6) is -0.498. The van der Waals surface area contributed by atoms with Crippen LogP contribution in [0, 0.1) is 5.92 Å². The first kappa shape index (κ1) is 27.6. The number of likely N-dealkylation sites (tertiary alicyclic amines) is 2. The van der Waals surface area contributed by atoms with Crippen LogP contribution in [0.25, 0.3) is 0 Å². The van der Waals surface area contributed by atoms with Gasteiger partial charge in [0.1, 0.15) is 0 Å². The Hall–Kier alpha value is -3.47. The molecule has 2 fully saturated rings. The van der Waals surface area contributed by atoms with E-state index in [2.05, 4.69) is 20.5 Å². The summed E-state index contributed by atoms with van der Waals surface area (Å²) >= 11 is 0. The average Bonchev–Trinajstić information content (AvgIpc) is 3.37. The standard InChI is InChI=1S/C27H32F3N5O3/c28-27(29,30)22-3-1-2-21(16-22)25(37)32-17-24(36)33-23-9-13-34(18-23)12-6-19-7-14-35(15-8-19)26(38)20-4-10-31-11-5-20/h1-5,10-11,16,19,23H,6-9,12-15,17-18H2,(H,32,37)(H,33,36). The maximum atomic E-state index is 12.9. The SMILES string of the molecule is O=C(CNC(=O)c1cccc(C(F)(F)F)c1)NC1CCN(CCC2CCN(C(=O)c3ccncc3)CC2)C1. The van der Waals surface area contributed by atoms with Crippen molar-refractivity contribution < 1.29 is 27.6 Å². The Bertz CT molecular complexity index is 1120. The first-order valence-electron chi connectivity index (χ1n) is 12.9. The van der Waals surface area contributed by atoms with Crippen molar-refractivity contribution in [3.8, 4) is 0 Å². The third-order valence-electron chi connectivity index (χ3n) is 7.18. The molecule has 2 aromatic rings. The Labute approximate surface area is 219 Å². The molecule has 11 heteroatoms. The number of carbonyl (C=O) groups excluding carboxylic acids is 3. The van der Waals surface area contributed by atoms with Gasteiger partial charge in [0.05, 0.1) is 12.1 Å². The number of rotatable bonds is 8. The number of pyridine rings is 1. The van der Waals surface area contributed by atoms with E-state index in [1.807, 2.05) is 4.90 Å². The number of halogens is 3. The topological polar surface area (TPSA) is 94.6 Å². The van der Waals surface area contributed by atoms with Crippen LogP contribution in [0.1, 0.15) is 52.0 Å². The summed E-state index contributed by atoms with van der Waals surface area (Å²) in [6.07, 6.45) is 2.48. The van der Waals surface area contributed by atoms with Crippen LogP contribution in [0.2, 0.25) is 0 Å². The van der Waals surface area contributed by atoms with Crippen molar-refractivity contribution in [2.24, 2.45) is 5.92 Å². The number of hydrogen-bond donors (Lipinski definition) is 2. The predicted octanol–water partition coefficient (Wildman–Crippen LogP) is 2.96. The molecule has 2 saturated heterocycles. The Kier molecular flexibility index (Phi) is 8.98. The third-order valence-corrected chi connectivity index (χ3v) is 7.18.